The molecule has 2 aliphatic rings. The second kappa shape index (κ2) is 8.49. The average Bonchev–Trinajstić information content (AvgIpc) is 3.14. The van der Waals surface area contributed by atoms with E-state index in [1.165, 1.54) is 24.0 Å². The predicted octanol–water partition coefficient (Wildman–Crippen LogP) is 4.07. The molecular formula is C26H35N5O. The van der Waals surface area contributed by atoms with Gasteiger partial charge in [-0.25, -0.2) is 4.79 Å². The Balaban J connectivity index is 1.20. The van der Waals surface area contributed by atoms with Crippen LogP contribution in [0.4, 0.5) is 0 Å². The highest BCUT2D eigenvalue weighted by Crippen LogP contribution is 2.33. The van der Waals surface area contributed by atoms with Crippen LogP contribution in [0.1, 0.15) is 56.7 Å². The summed E-state index contributed by atoms with van der Waals surface area (Å²) in [6.45, 7) is 11.1. The van der Waals surface area contributed by atoms with E-state index in [0.717, 1.165) is 50.1 Å². The van der Waals surface area contributed by atoms with Gasteiger partial charge in [0, 0.05) is 56.2 Å². The van der Waals surface area contributed by atoms with Gasteiger partial charge in [0.1, 0.15) is 0 Å². The topological polar surface area (TPSA) is 57.2 Å². The number of aromatic nitrogens is 3. The number of rotatable bonds is 4. The zero-order chi connectivity index (χ0) is 22.3. The number of H-pyrrole nitrogens is 1. The molecule has 0 unspecified atom stereocenters. The zero-order valence-corrected chi connectivity index (χ0v) is 19.6. The molecule has 5 rings (SSSR count). The van der Waals surface area contributed by atoms with Crippen molar-refractivity contribution in [1.29, 1.82) is 0 Å². The van der Waals surface area contributed by atoms with Gasteiger partial charge < -0.3 is 9.88 Å². The minimum absolute atomic E-state index is 0.0150. The van der Waals surface area contributed by atoms with E-state index in [9.17, 15) is 4.79 Å². The third kappa shape index (κ3) is 3.90. The third-order valence-corrected chi connectivity index (χ3v) is 7.88. The van der Waals surface area contributed by atoms with E-state index in [1.54, 1.807) is 0 Å². The first-order chi connectivity index (χ1) is 15.4. The molecule has 2 saturated heterocycles. The summed E-state index contributed by atoms with van der Waals surface area (Å²) in [5, 5.41) is 0. The first-order valence-corrected chi connectivity index (χ1v) is 12.0. The fraction of sp³-hybridized carbons (Fsp3) is 0.538. The summed E-state index contributed by atoms with van der Waals surface area (Å²) in [6.07, 6.45) is 8.36. The van der Waals surface area contributed by atoms with E-state index >= 15 is 0 Å². The number of likely N-dealkylation sites (tertiary alicyclic amines) is 2. The monoisotopic (exact) mass is 433 g/mol. The third-order valence-electron chi connectivity index (χ3n) is 7.88. The van der Waals surface area contributed by atoms with Crippen LogP contribution in [-0.4, -0.2) is 56.6 Å². The van der Waals surface area contributed by atoms with Crippen molar-refractivity contribution in [1.82, 2.24) is 24.3 Å². The van der Waals surface area contributed by atoms with E-state index in [0.29, 0.717) is 12.1 Å². The second-order valence-electron chi connectivity index (χ2n) is 10.1. The smallest absolute Gasteiger partial charge is 0.306 e. The fourth-order valence-corrected chi connectivity index (χ4v) is 5.81. The summed E-state index contributed by atoms with van der Waals surface area (Å²) >= 11 is 0. The lowest BCUT2D eigenvalue weighted by Crippen LogP contribution is -2.52. The molecule has 6 nitrogen and oxygen atoms in total. The number of piperidine rings is 2. The quantitative estimate of drug-likeness (QED) is 0.674. The van der Waals surface area contributed by atoms with E-state index in [4.69, 9.17) is 0 Å². The van der Waals surface area contributed by atoms with Gasteiger partial charge in [0.2, 0.25) is 0 Å². The molecule has 0 saturated carbocycles. The Morgan fingerprint density at radius 3 is 2.41 bits per heavy atom. The number of benzene rings is 1. The number of pyridine rings is 1. The number of hydrogen-bond donors (Lipinski definition) is 1. The van der Waals surface area contributed by atoms with Crippen LogP contribution >= 0.6 is 0 Å². The first-order valence-electron chi connectivity index (χ1n) is 12.0. The van der Waals surface area contributed by atoms with Crippen molar-refractivity contribution < 1.29 is 0 Å². The van der Waals surface area contributed by atoms with Gasteiger partial charge in [-0.3, -0.25) is 14.5 Å². The molecule has 0 amide bonds. The van der Waals surface area contributed by atoms with Crippen molar-refractivity contribution in [2.45, 2.75) is 64.1 Å². The number of fused-ring (bicyclic) bond motifs is 1. The van der Waals surface area contributed by atoms with Crippen molar-refractivity contribution >= 4 is 11.0 Å². The number of nitrogens with zero attached hydrogens (tertiary/aromatic N) is 4. The fourth-order valence-electron chi connectivity index (χ4n) is 5.81. The van der Waals surface area contributed by atoms with E-state index < -0.39 is 0 Å². The van der Waals surface area contributed by atoms with Gasteiger partial charge in [-0.15, -0.1) is 0 Å². The summed E-state index contributed by atoms with van der Waals surface area (Å²) in [7, 11) is 0. The molecule has 6 heteroatoms. The van der Waals surface area contributed by atoms with Crippen molar-refractivity contribution in [3.63, 3.8) is 0 Å². The van der Waals surface area contributed by atoms with Crippen LogP contribution in [0.15, 0.2) is 47.5 Å². The summed E-state index contributed by atoms with van der Waals surface area (Å²) in [6, 6.07) is 11.4. The van der Waals surface area contributed by atoms with Crippen molar-refractivity contribution in [2.24, 2.45) is 0 Å². The number of aromatic amines is 1. The van der Waals surface area contributed by atoms with Crippen LogP contribution in [-0.2, 0) is 5.54 Å². The molecule has 0 atom stereocenters. The van der Waals surface area contributed by atoms with Gasteiger partial charge >= 0.3 is 5.69 Å². The Morgan fingerprint density at radius 1 is 1.00 bits per heavy atom. The molecule has 2 aliphatic heterocycles. The van der Waals surface area contributed by atoms with Crippen molar-refractivity contribution in [3.8, 4) is 0 Å². The van der Waals surface area contributed by atoms with Crippen molar-refractivity contribution in [2.75, 3.05) is 26.2 Å². The predicted molar refractivity (Wildman–Crippen MR) is 129 cm³/mol. The zero-order valence-electron chi connectivity index (χ0n) is 19.6. The Kier molecular flexibility index (Phi) is 5.68. The molecule has 2 fully saturated rings. The molecule has 4 heterocycles. The Labute approximate surface area is 190 Å². The van der Waals surface area contributed by atoms with E-state index in [2.05, 4.69) is 64.8 Å². The van der Waals surface area contributed by atoms with Crippen LogP contribution in [0, 0.1) is 6.92 Å². The molecule has 0 aliphatic carbocycles. The summed E-state index contributed by atoms with van der Waals surface area (Å²) in [5.41, 5.74) is 4.53. The number of aryl methyl sites for hydroxylation is 1. The normalized spacial score (nSPS) is 20.2. The lowest BCUT2D eigenvalue weighted by Gasteiger charge is -2.46. The van der Waals surface area contributed by atoms with Crippen LogP contribution in [0.2, 0.25) is 0 Å². The average molecular weight is 434 g/mol. The number of hydrogen-bond acceptors (Lipinski definition) is 4. The summed E-state index contributed by atoms with van der Waals surface area (Å²) in [4.78, 5) is 25.3. The first kappa shape index (κ1) is 21.4. The van der Waals surface area contributed by atoms with Crippen LogP contribution < -0.4 is 5.69 Å². The van der Waals surface area contributed by atoms with Gasteiger partial charge in [0.15, 0.2) is 0 Å². The molecule has 0 spiro atoms. The molecular weight excluding hydrogens is 398 g/mol. The van der Waals surface area contributed by atoms with Crippen LogP contribution in [0.25, 0.3) is 11.0 Å². The number of nitrogens with one attached hydrogen (secondary N) is 1. The second-order valence-corrected chi connectivity index (χ2v) is 10.1. The SMILES string of the molecule is Cc1ccc2c(c1)[nH]c(=O)n2C1CCN(C2CCN(C(C)(C)c3cccnc3)CC2)CC1. The molecule has 1 aromatic carbocycles. The largest absolute Gasteiger partial charge is 0.326 e. The molecule has 2 aromatic heterocycles. The van der Waals surface area contributed by atoms with Gasteiger partial charge in [0.25, 0.3) is 0 Å². The highest BCUT2D eigenvalue weighted by molar-refractivity contribution is 5.76. The molecule has 32 heavy (non-hydrogen) atoms. The molecule has 0 radical (unpaired) electrons. The molecule has 0 bridgehead atoms. The Morgan fingerprint density at radius 2 is 1.72 bits per heavy atom. The lowest BCUT2D eigenvalue weighted by atomic mass is 9.89. The lowest BCUT2D eigenvalue weighted by molar-refractivity contribution is 0.0343. The van der Waals surface area contributed by atoms with Gasteiger partial charge in [-0.05, 0) is 75.8 Å². The number of imidazole rings is 1. The molecule has 1 N–H and O–H groups in total. The molecule has 170 valence electrons. The van der Waals surface area contributed by atoms with E-state index in [1.807, 2.05) is 23.0 Å². The van der Waals surface area contributed by atoms with Crippen molar-refractivity contribution in [3.05, 3.63) is 64.3 Å². The molecule has 3 aromatic rings. The minimum Gasteiger partial charge on any atom is -0.306 e. The van der Waals surface area contributed by atoms with Gasteiger partial charge in [0.05, 0.1) is 11.0 Å². The maximum atomic E-state index is 12.7. The standard InChI is InChI=1S/C26H35N5O/c1-19-6-7-24-23(17-19)28-25(32)31(24)22-8-13-29(14-9-22)21-10-15-30(16-11-21)26(2,3)20-5-4-12-27-18-20/h4-7,12,17-18,21-22H,8-11,13-16H2,1-3H3,(H,28,32). The highest BCUT2D eigenvalue weighted by atomic mass is 16.1. The Hall–Kier alpha value is -2.44. The highest BCUT2D eigenvalue weighted by Gasteiger charge is 2.35. The minimum atomic E-state index is 0.0150. The Bertz CT molecular complexity index is 1120. The summed E-state index contributed by atoms with van der Waals surface area (Å²) < 4.78 is 2.01. The van der Waals surface area contributed by atoms with Crippen LogP contribution in [0.5, 0.6) is 0 Å². The summed E-state index contributed by atoms with van der Waals surface area (Å²) in [5.74, 6) is 0. The van der Waals surface area contributed by atoms with Gasteiger partial charge in [-0.1, -0.05) is 12.1 Å². The maximum absolute atomic E-state index is 12.7. The maximum Gasteiger partial charge on any atom is 0.326 e. The van der Waals surface area contributed by atoms with Crippen LogP contribution in [0.3, 0.4) is 0 Å². The van der Waals surface area contributed by atoms with E-state index in [-0.39, 0.29) is 11.2 Å². The van der Waals surface area contributed by atoms with Gasteiger partial charge in [-0.2, -0.15) is 0 Å².